The van der Waals surface area contributed by atoms with Gasteiger partial charge in [-0.1, -0.05) is 25.3 Å². The first-order chi connectivity index (χ1) is 19.9. The van der Waals surface area contributed by atoms with Gasteiger partial charge in [0, 0.05) is 25.2 Å². The molecule has 41 heavy (non-hydrogen) atoms. The summed E-state index contributed by atoms with van der Waals surface area (Å²) in [4.78, 5) is 27.7. The lowest BCUT2D eigenvalue weighted by atomic mass is 9.86. The third kappa shape index (κ3) is 9.06. The summed E-state index contributed by atoms with van der Waals surface area (Å²) >= 11 is 0. The SMILES string of the molecule is COc1ccc(CCN(/C=C/C(=O)C2CCCCC2)CCCOC(=O)c2cc(OC)c(OC)c(OC)c2)cc1OC. The monoisotopic (exact) mass is 569 g/mol. The molecule has 0 saturated heterocycles. The van der Waals surface area contributed by atoms with Crippen LogP contribution in [0.4, 0.5) is 0 Å². The van der Waals surface area contributed by atoms with E-state index in [9.17, 15) is 9.59 Å². The molecular formula is C32H43NO8. The zero-order chi connectivity index (χ0) is 29.6. The van der Waals surface area contributed by atoms with Gasteiger partial charge in [0.25, 0.3) is 0 Å². The summed E-state index contributed by atoms with van der Waals surface area (Å²) in [6, 6.07) is 9.00. The van der Waals surface area contributed by atoms with Gasteiger partial charge in [-0.25, -0.2) is 4.79 Å². The lowest BCUT2D eigenvalue weighted by Gasteiger charge is -2.22. The number of ether oxygens (including phenoxy) is 6. The molecule has 0 amide bonds. The molecule has 0 aromatic heterocycles. The average molecular weight is 570 g/mol. The second-order valence-electron chi connectivity index (χ2n) is 9.93. The van der Waals surface area contributed by atoms with E-state index in [0.29, 0.717) is 53.8 Å². The van der Waals surface area contributed by atoms with Crippen molar-refractivity contribution in [3.63, 3.8) is 0 Å². The Kier molecular flexibility index (Phi) is 12.7. The molecule has 1 aliphatic carbocycles. The van der Waals surface area contributed by atoms with Crippen molar-refractivity contribution in [3.05, 3.63) is 53.7 Å². The molecule has 0 aliphatic heterocycles. The highest BCUT2D eigenvalue weighted by Gasteiger charge is 2.20. The maximum Gasteiger partial charge on any atom is 0.338 e. The van der Waals surface area contributed by atoms with Crippen molar-refractivity contribution in [1.82, 2.24) is 4.90 Å². The molecule has 0 atom stereocenters. The first-order valence-electron chi connectivity index (χ1n) is 14.1. The van der Waals surface area contributed by atoms with E-state index in [1.807, 2.05) is 24.4 Å². The molecule has 1 fully saturated rings. The Bertz CT molecular complexity index is 1150. The van der Waals surface area contributed by atoms with Crippen molar-refractivity contribution in [2.24, 2.45) is 5.92 Å². The number of hydrogen-bond acceptors (Lipinski definition) is 9. The quantitative estimate of drug-likeness (QED) is 0.148. The van der Waals surface area contributed by atoms with E-state index in [2.05, 4.69) is 4.90 Å². The number of nitrogens with zero attached hydrogens (tertiary/aromatic N) is 1. The second kappa shape index (κ2) is 16.4. The molecule has 1 saturated carbocycles. The fraction of sp³-hybridized carbons (Fsp3) is 0.500. The first kappa shape index (κ1) is 31.6. The van der Waals surface area contributed by atoms with Crippen LogP contribution in [-0.2, 0) is 16.0 Å². The number of rotatable bonds is 16. The Morgan fingerprint density at radius 1 is 0.805 bits per heavy atom. The molecule has 2 aromatic rings. The number of allylic oxidation sites excluding steroid dienone is 1. The van der Waals surface area contributed by atoms with Crippen LogP contribution in [0.5, 0.6) is 28.7 Å². The molecule has 1 aliphatic rings. The summed E-state index contributed by atoms with van der Waals surface area (Å²) in [7, 11) is 7.73. The largest absolute Gasteiger partial charge is 0.493 e. The van der Waals surface area contributed by atoms with Crippen LogP contribution in [-0.4, -0.2) is 71.9 Å². The highest BCUT2D eigenvalue weighted by Crippen LogP contribution is 2.38. The van der Waals surface area contributed by atoms with E-state index < -0.39 is 5.97 Å². The van der Waals surface area contributed by atoms with Crippen molar-refractivity contribution >= 4 is 11.8 Å². The van der Waals surface area contributed by atoms with Crippen LogP contribution in [0.1, 0.15) is 54.4 Å². The van der Waals surface area contributed by atoms with Crippen LogP contribution in [0.2, 0.25) is 0 Å². The highest BCUT2D eigenvalue weighted by molar-refractivity contribution is 5.92. The minimum Gasteiger partial charge on any atom is -0.493 e. The zero-order valence-corrected chi connectivity index (χ0v) is 24.9. The Morgan fingerprint density at radius 3 is 2.07 bits per heavy atom. The molecule has 9 nitrogen and oxygen atoms in total. The average Bonchev–Trinajstić information content (AvgIpc) is 3.02. The number of hydrogen-bond donors (Lipinski definition) is 0. The molecule has 2 aromatic carbocycles. The van der Waals surface area contributed by atoms with Crippen LogP contribution < -0.4 is 23.7 Å². The van der Waals surface area contributed by atoms with Gasteiger partial charge in [0.1, 0.15) is 0 Å². The maximum absolute atomic E-state index is 12.8. The number of ketones is 1. The molecule has 0 spiro atoms. The first-order valence-corrected chi connectivity index (χ1v) is 14.1. The Labute approximate surface area is 243 Å². The summed E-state index contributed by atoms with van der Waals surface area (Å²) < 4.78 is 32.3. The minimum absolute atomic E-state index is 0.118. The standard InChI is InChI=1S/C32H43NO8/c1-36-27-13-12-23(20-28(27)37-2)14-17-33(18-15-26(34)24-10-7-6-8-11-24)16-9-19-41-32(35)25-21-29(38-3)31(40-5)30(22-25)39-4/h12-13,15,18,20-22,24H,6-11,14,16-17,19H2,1-5H3/b18-15+. The van der Waals surface area contributed by atoms with Gasteiger partial charge < -0.3 is 33.3 Å². The van der Waals surface area contributed by atoms with E-state index in [1.165, 1.54) is 27.8 Å². The number of carbonyl (C=O) groups is 2. The summed E-state index contributed by atoms with van der Waals surface area (Å²) in [5, 5.41) is 0. The molecular weight excluding hydrogens is 526 g/mol. The fourth-order valence-electron chi connectivity index (χ4n) is 4.99. The van der Waals surface area contributed by atoms with Crippen molar-refractivity contribution in [2.45, 2.75) is 44.9 Å². The van der Waals surface area contributed by atoms with Crippen molar-refractivity contribution in [3.8, 4) is 28.7 Å². The predicted molar refractivity (Wildman–Crippen MR) is 157 cm³/mol. The normalized spacial score (nSPS) is 13.5. The third-order valence-corrected chi connectivity index (χ3v) is 7.32. The molecule has 0 heterocycles. The van der Waals surface area contributed by atoms with Crippen LogP contribution in [0.3, 0.4) is 0 Å². The summed E-state index contributed by atoms with van der Waals surface area (Å²) in [6.07, 6.45) is 10.3. The maximum atomic E-state index is 12.8. The van der Waals surface area contributed by atoms with Crippen molar-refractivity contribution in [2.75, 3.05) is 55.2 Å². The number of carbonyl (C=O) groups excluding carboxylic acids is 2. The number of esters is 1. The summed E-state index contributed by atoms with van der Waals surface area (Å²) in [5.74, 6) is 2.36. The van der Waals surface area contributed by atoms with E-state index >= 15 is 0 Å². The van der Waals surface area contributed by atoms with Gasteiger partial charge in [-0.05, 0) is 61.6 Å². The second-order valence-corrected chi connectivity index (χ2v) is 9.93. The van der Waals surface area contributed by atoms with Gasteiger partial charge in [0.15, 0.2) is 28.8 Å². The topological polar surface area (TPSA) is 92.8 Å². The van der Waals surface area contributed by atoms with Crippen LogP contribution in [0, 0.1) is 5.92 Å². The van der Waals surface area contributed by atoms with E-state index in [1.54, 1.807) is 32.4 Å². The van der Waals surface area contributed by atoms with Gasteiger partial charge in [-0.2, -0.15) is 0 Å². The summed E-state index contributed by atoms with van der Waals surface area (Å²) in [5.41, 5.74) is 1.40. The smallest absolute Gasteiger partial charge is 0.338 e. The predicted octanol–water partition coefficient (Wildman–Crippen LogP) is 5.48. The third-order valence-electron chi connectivity index (χ3n) is 7.32. The molecule has 9 heteroatoms. The van der Waals surface area contributed by atoms with Gasteiger partial charge in [0.05, 0.1) is 47.7 Å². The molecule has 0 radical (unpaired) electrons. The molecule has 0 bridgehead atoms. The summed E-state index contributed by atoms with van der Waals surface area (Å²) in [6.45, 7) is 1.52. The lowest BCUT2D eigenvalue weighted by Crippen LogP contribution is -2.24. The molecule has 224 valence electrons. The van der Waals surface area contributed by atoms with Crippen LogP contribution >= 0.6 is 0 Å². The van der Waals surface area contributed by atoms with E-state index in [4.69, 9.17) is 28.4 Å². The molecule has 0 unspecified atom stereocenters. The zero-order valence-electron chi connectivity index (χ0n) is 24.9. The van der Waals surface area contributed by atoms with E-state index in [0.717, 1.165) is 37.7 Å². The van der Waals surface area contributed by atoms with Crippen molar-refractivity contribution < 1.29 is 38.0 Å². The Morgan fingerprint density at radius 2 is 1.46 bits per heavy atom. The molecule has 0 N–H and O–H groups in total. The van der Waals surface area contributed by atoms with Crippen LogP contribution in [0.15, 0.2) is 42.6 Å². The minimum atomic E-state index is -0.482. The Hall–Kier alpha value is -3.88. The molecule has 3 rings (SSSR count). The Balaban J connectivity index is 1.62. The van der Waals surface area contributed by atoms with Gasteiger partial charge in [-0.15, -0.1) is 0 Å². The number of methoxy groups -OCH3 is 5. The van der Waals surface area contributed by atoms with E-state index in [-0.39, 0.29) is 18.3 Å². The van der Waals surface area contributed by atoms with Gasteiger partial charge in [-0.3, -0.25) is 4.79 Å². The lowest BCUT2D eigenvalue weighted by molar-refractivity contribution is -0.119. The fourth-order valence-corrected chi connectivity index (χ4v) is 4.99. The number of benzene rings is 2. The highest BCUT2D eigenvalue weighted by atomic mass is 16.5. The van der Waals surface area contributed by atoms with Crippen LogP contribution in [0.25, 0.3) is 0 Å². The van der Waals surface area contributed by atoms with Crippen molar-refractivity contribution in [1.29, 1.82) is 0 Å². The van der Waals surface area contributed by atoms with Gasteiger partial charge in [0.2, 0.25) is 5.75 Å². The van der Waals surface area contributed by atoms with Gasteiger partial charge >= 0.3 is 5.97 Å².